The second-order valence-electron chi connectivity index (χ2n) is 5.00. The van der Waals surface area contributed by atoms with Crippen molar-refractivity contribution in [3.05, 3.63) is 50.3 Å². The summed E-state index contributed by atoms with van der Waals surface area (Å²) in [5.41, 5.74) is -0.239. The quantitative estimate of drug-likeness (QED) is 0.786. The summed E-state index contributed by atoms with van der Waals surface area (Å²) in [5.74, 6) is -0.494. The number of hydrogen-bond donors (Lipinski definition) is 2. The third-order valence-corrected chi connectivity index (χ3v) is 3.80. The van der Waals surface area contributed by atoms with Gasteiger partial charge in [0.15, 0.2) is 0 Å². The number of nitrogens with zero attached hydrogens (tertiary/aromatic N) is 2. The molecule has 2 atom stereocenters. The van der Waals surface area contributed by atoms with E-state index in [1.54, 1.807) is 6.08 Å². The Hall–Kier alpha value is -1.92. The van der Waals surface area contributed by atoms with Gasteiger partial charge in [-0.15, -0.1) is 0 Å². The standard InChI is InChI=1S/C14H13ClFN3O2/c15-10-3-8(1-2-11(10)16)6-19-7-18-12-5-17-13(20)4-9(12)14(19)21/h1-2,4-5,7-8,13,17,20H,3,6H2. The van der Waals surface area contributed by atoms with Gasteiger partial charge < -0.3 is 10.4 Å². The average molecular weight is 310 g/mol. The van der Waals surface area contributed by atoms with E-state index in [1.807, 2.05) is 0 Å². The van der Waals surface area contributed by atoms with Crippen LogP contribution in [0, 0.1) is 5.92 Å². The Bertz CT molecular complexity index is 812. The van der Waals surface area contributed by atoms with Crippen molar-refractivity contribution in [1.29, 1.82) is 0 Å². The Morgan fingerprint density at radius 3 is 3.14 bits per heavy atom. The number of hydrogen-bond acceptors (Lipinski definition) is 4. The van der Waals surface area contributed by atoms with Gasteiger partial charge in [0.2, 0.25) is 0 Å². The molecule has 0 bridgehead atoms. The molecule has 2 aliphatic rings. The molecule has 21 heavy (non-hydrogen) atoms. The van der Waals surface area contributed by atoms with E-state index in [-0.39, 0.29) is 16.5 Å². The number of aromatic nitrogens is 2. The van der Waals surface area contributed by atoms with Gasteiger partial charge in [-0.2, -0.15) is 0 Å². The maximum Gasteiger partial charge on any atom is 0.261 e. The molecule has 0 fully saturated rings. The molecule has 0 aromatic carbocycles. The van der Waals surface area contributed by atoms with Crippen LogP contribution in [0.15, 0.2) is 34.1 Å². The Labute approximate surface area is 124 Å². The summed E-state index contributed by atoms with van der Waals surface area (Å²) >= 11 is 5.80. The van der Waals surface area contributed by atoms with Gasteiger partial charge in [-0.3, -0.25) is 9.36 Å². The van der Waals surface area contributed by atoms with Gasteiger partial charge in [0.05, 0.1) is 21.9 Å². The molecular formula is C14H13ClFN3O2. The summed E-state index contributed by atoms with van der Waals surface area (Å²) in [6.45, 7) is 0.358. The van der Waals surface area contributed by atoms with E-state index in [9.17, 15) is 14.3 Å². The van der Waals surface area contributed by atoms with Crippen molar-refractivity contribution in [3.8, 4) is 0 Å². The zero-order chi connectivity index (χ0) is 15.0. The van der Waals surface area contributed by atoms with Crippen LogP contribution in [-0.2, 0) is 6.54 Å². The zero-order valence-corrected chi connectivity index (χ0v) is 11.7. The molecule has 0 spiro atoms. The maximum atomic E-state index is 13.2. The molecule has 0 radical (unpaired) electrons. The number of fused-ring (bicyclic) bond motifs is 1. The maximum absolute atomic E-state index is 13.2. The van der Waals surface area contributed by atoms with Crippen LogP contribution in [0.5, 0.6) is 0 Å². The Morgan fingerprint density at radius 2 is 2.38 bits per heavy atom. The summed E-state index contributed by atoms with van der Waals surface area (Å²) in [6.07, 6.45) is 6.84. The first-order chi connectivity index (χ1) is 10.0. The van der Waals surface area contributed by atoms with Crippen LogP contribution in [0.1, 0.15) is 6.42 Å². The molecule has 1 aliphatic carbocycles. The predicted octanol–water partition coefficient (Wildman–Crippen LogP) is -0.321. The monoisotopic (exact) mass is 309 g/mol. The smallest absolute Gasteiger partial charge is 0.261 e. The van der Waals surface area contributed by atoms with Crippen LogP contribution < -0.4 is 21.4 Å². The minimum Gasteiger partial charge on any atom is -0.370 e. The van der Waals surface area contributed by atoms with Crippen LogP contribution >= 0.6 is 11.6 Å². The highest BCUT2D eigenvalue weighted by Gasteiger charge is 2.17. The van der Waals surface area contributed by atoms with Crippen LogP contribution in [0.25, 0.3) is 12.3 Å². The molecule has 1 aliphatic heterocycles. The first-order valence-corrected chi connectivity index (χ1v) is 6.86. The first-order valence-electron chi connectivity index (χ1n) is 6.48. The minimum atomic E-state index is -0.899. The lowest BCUT2D eigenvalue weighted by Crippen LogP contribution is -2.51. The molecule has 5 nitrogen and oxygen atoms in total. The third kappa shape index (κ3) is 2.77. The van der Waals surface area contributed by atoms with Crippen LogP contribution in [0.4, 0.5) is 4.39 Å². The molecule has 3 rings (SSSR count). The van der Waals surface area contributed by atoms with Gasteiger partial charge in [-0.1, -0.05) is 17.7 Å². The van der Waals surface area contributed by atoms with Crippen molar-refractivity contribution in [2.24, 2.45) is 5.92 Å². The van der Waals surface area contributed by atoms with E-state index in [4.69, 9.17) is 11.6 Å². The van der Waals surface area contributed by atoms with Crippen LogP contribution in [0.2, 0.25) is 0 Å². The molecule has 0 amide bonds. The van der Waals surface area contributed by atoms with Crippen molar-refractivity contribution in [2.45, 2.75) is 19.2 Å². The van der Waals surface area contributed by atoms with Gasteiger partial charge in [-0.05, 0) is 18.6 Å². The Balaban J connectivity index is 1.93. The molecule has 1 aromatic heterocycles. The number of nitrogens with one attached hydrogen (secondary N) is 1. The van der Waals surface area contributed by atoms with Crippen molar-refractivity contribution in [1.82, 2.24) is 14.9 Å². The SMILES string of the molecule is O=c1c2c(ncn1CC1C=CC(F)=C(Cl)C1)=CNC(O)C=2. The molecule has 110 valence electrons. The fourth-order valence-corrected chi connectivity index (χ4v) is 2.64. The summed E-state index contributed by atoms with van der Waals surface area (Å²) in [6, 6.07) is 0. The predicted molar refractivity (Wildman–Crippen MR) is 77.1 cm³/mol. The van der Waals surface area contributed by atoms with Gasteiger partial charge in [0.1, 0.15) is 12.1 Å². The average Bonchev–Trinajstić information content (AvgIpc) is 2.46. The molecule has 0 saturated heterocycles. The fraction of sp³-hybridized carbons (Fsp3) is 0.286. The van der Waals surface area contributed by atoms with Crippen molar-refractivity contribution in [3.63, 3.8) is 0 Å². The largest absolute Gasteiger partial charge is 0.370 e. The minimum absolute atomic E-state index is 0.0647. The molecule has 2 unspecified atom stereocenters. The third-order valence-electron chi connectivity index (χ3n) is 3.47. The number of halogens is 2. The summed E-state index contributed by atoms with van der Waals surface area (Å²) < 4.78 is 14.6. The number of allylic oxidation sites excluding steroid dienone is 4. The van der Waals surface area contributed by atoms with E-state index in [0.29, 0.717) is 23.5 Å². The molecule has 2 N–H and O–H groups in total. The summed E-state index contributed by atoms with van der Waals surface area (Å²) in [5, 5.41) is 13.2. The molecule has 0 saturated carbocycles. The van der Waals surface area contributed by atoms with Crippen LogP contribution in [-0.4, -0.2) is 20.9 Å². The van der Waals surface area contributed by atoms with E-state index in [0.717, 1.165) is 0 Å². The highest BCUT2D eigenvalue weighted by Crippen LogP contribution is 2.27. The van der Waals surface area contributed by atoms with E-state index in [2.05, 4.69) is 10.3 Å². The Kier molecular flexibility index (Phi) is 3.65. The molecule has 2 heterocycles. The van der Waals surface area contributed by atoms with Gasteiger partial charge >= 0.3 is 0 Å². The van der Waals surface area contributed by atoms with Gasteiger partial charge in [-0.25, -0.2) is 9.37 Å². The number of aliphatic hydroxyl groups is 1. The zero-order valence-electron chi connectivity index (χ0n) is 11.0. The summed E-state index contributed by atoms with van der Waals surface area (Å²) in [7, 11) is 0. The molecule has 7 heteroatoms. The van der Waals surface area contributed by atoms with Crippen LogP contribution in [0.3, 0.4) is 0 Å². The first kappa shape index (κ1) is 14.0. The summed E-state index contributed by atoms with van der Waals surface area (Å²) in [4.78, 5) is 16.5. The van der Waals surface area contributed by atoms with Crippen molar-refractivity contribution in [2.75, 3.05) is 0 Å². The topological polar surface area (TPSA) is 67.2 Å². The van der Waals surface area contributed by atoms with E-state index >= 15 is 0 Å². The molecule has 1 aromatic rings. The second-order valence-corrected chi connectivity index (χ2v) is 5.46. The highest BCUT2D eigenvalue weighted by atomic mass is 35.5. The lowest BCUT2D eigenvalue weighted by Gasteiger charge is -2.17. The number of aliphatic hydroxyl groups excluding tert-OH is 1. The second kappa shape index (κ2) is 5.46. The fourth-order valence-electron chi connectivity index (χ4n) is 2.37. The van der Waals surface area contributed by atoms with Crippen molar-refractivity contribution >= 4 is 23.9 Å². The highest BCUT2D eigenvalue weighted by molar-refractivity contribution is 6.30. The number of rotatable bonds is 2. The normalized spacial score (nSPS) is 24.0. The van der Waals surface area contributed by atoms with Gasteiger partial charge in [0.25, 0.3) is 5.56 Å². The lowest BCUT2D eigenvalue weighted by atomic mass is 10.00. The lowest BCUT2D eigenvalue weighted by molar-refractivity contribution is 0.221. The van der Waals surface area contributed by atoms with Gasteiger partial charge in [0, 0.05) is 18.7 Å². The van der Waals surface area contributed by atoms with E-state index < -0.39 is 12.1 Å². The Morgan fingerprint density at radius 1 is 1.57 bits per heavy atom. The van der Waals surface area contributed by atoms with Crippen molar-refractivity contribution < 1.29 is 9.50 Å². The van der Waals surface area contributed by atoms with E-state index in [1.165, 1.54) is 29.2 Å². The molecular weight excluding hydrogens is 297 g/mol.